The molecule has 23 heavy (non-hydrogen) atoms. The summed E-state index contributed by atoms with van der Waals surface area (Å²) in [6.45, 7) is 9.41. The van der Waals surface area contributed by atoms with Gasteiger partial charge in [0.15, 0.2) is 5.82 Å². The number of nitrogens with one attached hydrogen (secondary N) is 1. The lowest BCUT2D eigenvalue weighted by molar-refractivity contribution is 0.0168. The van der Waals surface area contributed by atoms with Gasteiger partial charge < -0.3 is 14.7 Å². The molecule has 0 aromatic carbocycles. The van der Waals surface area contributed by atoms with Crippen LogP contribution in [0.4, 0.5) is 4.79 Å². The zero-order valence-electron chi connectivity index (χ0n) is 14.3. The van der Waals surface area contributed by atoms with E-state index in [4.69, 9.17) is 4.52 Å². The molecule has 2 aliphatic rings. The van der Waals surface area contributed by atoms with Crippen molar-refractivity contribution in [1.29, 1.82) is 0 Å². The molecule has 3 heterocycles. The summed E-state index contributed by atoms with van der Waals surface area (Å²) in [6, 6.07) is 1.13. The third-order valence-corrected chi connectivity index (χ3v) is 4.85. The van der Waals surface area contributed by atoms with Crippen LogP contribution in [0.3, 0.4) is 0 Å². The summed E-state index contributed by atoms with van der Waals surface area (Å²) in [6.07, 6.45) is 3.89. The predicted octanol–water partition coefficient (Wildman–Crippen LogP) is 1.96. The Morgan fingerprint density at radius 1 is 1.39 bits per heavy atom. The quantitative estimate of drug-likeness (QED) is 0.917. The third-order valence-electron chi connectivity index (χ3n) is 4.85. The molecule has 0 spiro atoms. The molecule has 0 saturated carbocycles. The summed E-state index contributed by atoms with van der Waals surface area (Å²) in [7, 11) is 0. The summed E-state index contributed by atoms with van der Waals surface area (Å²) < 4.78 is 5.13. The Morgan fingerprint density at radius 3 is 2.83 bits per heavy atom. The van der Waals surface area contributed by atoms with Gasteiger partial charge in [0.25, 0.3) is 0 Å². The monoisotopic (exact) mass is 321 g/mol. The van der Waals surface area contributed by atoms with Crippen LogP contribution >= 0.6 is 0 Å². The molecule has 0 bridgehead atoms. The zero-order chi connectivity index (χ0) is 16.4. The maximum absolute atomic E-state index is 12.2. The van der Waals surface area contributed by atoms with Crippen LogP contribution in [0.25, 0.3) is 0 Å². The average Bonchev–Trinajstić information content (AvgIpc) is 2.95. The number of rotatable bonds is 4. The second-order valence-electron chi connectivity index (χ2n) is 7.00. The van der Waals surface area contributed by atoms with Gasteiger partial charge in [0, 0.05) is 31.1 Å². The molecule has 1 N–H and O–H groups in total. The minimum absolute atomic E-state index is 0.0400. The van der Waals surface area contributed by atoms with Crippen LogP contribution in [-0.2, 0) is 6.54 Å². The fraction of sp³-hybridized carbons (Fsp3) is 0.812. The van der Waals surface area contributed by atoms with Gasteiger partial charge in [-0.15, -0.1) is 0 Å². The van der Waals surface area contributed by atoms with Gasteiger partial charge in [-0.25, -0.2) is 4.79 Å². The minimum atomic E-state index is -0.0400. The number of hydrogen-bond acceptors (Lipinski definition) is 5. The topological polar surface area (TPSA) is 74.5 Å². The number of carbonyl (C=O) groups is 1. The number of amides is 2. The van der Waals surface area contributed by atoms with Crippen LogP contribution < -0.4 is 5.32 Å². The maximum atomic E-state index is 12.2. The Labute approximate surface area is 137 Å². The summed E-state index contributed by atoms with van der Waals surface area (Å²) in [5, 5.41) is 6.75. The molecule has 128 valence electrons. The van der Waals surface area contributed by atoms with E-state index in [1.807, 2.05) is 18.7 Å². The molecule has 1 atom stereocenters. The van der Waals surface area contributed by atoms with Crippen molar-refractivity contribution in [3.63, 3.8) is 0 Å². The molecular weight excluding hydrogens is 294 g/mol. The van der Waals surface area contributed by atoms with E-state index in [0.717, 1.165) is 13.1 Å². The highest BCUT2D eigenvalue weighted by molar-refractivity contribution is 5.75. The van der Waals surface area contributed by atoms with Crippen LogP contribution in [0.1, 0.15) is 57.7 Å². The molecule has 0 radical (unpaired) electrons. The van der Waals surface area contributed by atoms with Gasteiger partial charge in [-0.2, -0.15) is 4.98 Å². The number of hydrogen-bond donors (Lipinski definition) is 1. The molecule has 1 unspecified atom stereocenters. The number of aromatic nitrogens is 2. The molecule has 2 amide bonds. The highest BCUT2D eigenvalue weighted by Crippen LogP contribution is 2.24. The van der Waals surface area contributed by atoms with E-state index in [9.17, 15) is 4.79 Å². The summed E-state index contributed by atoms with van der Waals surface area (Å²) in [4.78, 5) is 20.8. The third kappa shape index (κ3) is 3.65. The largest absolute Gasteiger partial charge is 0.339 e. The first-order chi connectivity index (χ1) is 11.0. The Kier molecular flexibility index (Phi) is 4.84. The second-order valence-corrected chi connectivity index (χ2v) is 7.00. The normalized spacial score (nSPS) is 23.1. The van der Waals surface area contributed by atoms with Gasteiger partial charge in [0.2, 0.25) is 5.89 Å². The standard InChI is InChI=1S/C16H27N5O2/c1-11(2)15-18-14(19-23-15)8-17-16(22)20-9-13(10-20)21-7-5-4-6-12(21)3/h11-13H,4-10H2,1-3H3,(H,17,22). The lowest BCUT2D eigenvalue weighted by Gasteiger charge is -2.49. The molecule has 7 heteroatoms. The van der Waals surface area contributed by atoms with Crippen molar-refractivity contribution in [3.8, 4) is 0 Å². The Bertz CT molecular complexity index is 538. The highest BCUT2D eigenvalue weighted by Gasteiger charge is 2.37. The highest BCUT2D eigenvalue weighted by atomic mass is 16.5. The Morgan fingerprint density at radius 2 is 2.17 bits per heavy atom. The molecule has 7 nitrogen and oxygen atoms in total. The first kappa shape index (κ1) is 16.2. The lowest BCUT2D eigenvalue weighted by atomic mass is 9.98. The van der Waals surface area contributed by atoms with E-state index in [-0.39, 0.29) is 11.9 Å². The van der Waals surface area contributed by atoms with Crippen molar-refractivity contribution in [2.75, 3.05) is 19.6 Å². The SMILES string of the molecule is CC(C)c1nc(CNC(=O)N2CC(N3CCCCC3C)C2)no1. The van der Waals surface area contributed by atoms with Crippen molar-refractivity contribution in [2.45, 2.75) is 64.6 Å². The van der Waals surface area contributed by atoms with E-state index in [0.29, 0.717) is 30.3 Å². The zero-order valence-corrected chi connectivity index (χ0v) is 14.3. The van der Waals surface area contributed by atoms with Crippen LogP contribution in [-0.4, -0.2) is 57.7 Å². The molecule has 2 fully saturated rings. The van der Waals surface area contributed by atoms with Crippen molar-refractivity contribution in [3.05, 3.63) is 11.7 Å². The lowest BCUT2D eigenvalue weighted by Crippen LogP contribution is -2.64. The minimum Gasteiger partial charge on any atom is -0.339 e. The number of carbonyl (C=O) groups excluding carboxylic acids is 1. The van der Waals surface area contributed by atoms with E-state index < -0.39 is 0 Å². The van der Waals surface area contributed by atoms with E-state index >= 15 is 0 Å². The maximum Gasteiger partial charge on any atom is 0.317 e. The van der Waals surface area contributed by atoms with Crippen LogP contribution in [0.2, 0.25) is 0 Å². The van der Waals surface area contributed by atoms with Gasteiger partial charge >= 0.3 is 6.03 Å². The molecule has 2 saturated heterocycles. The van der Waals surface area contributed by atoms with Crippen molar-refractivity contribution >= 4 is 6.03 Å². The molecule has 3 rings (SSSR count). The molecule has 0 aliphatic carbocycles. The first-order valence-electron chi connectivity index (χ1n) is 8.65. The Balaban J connectivity index is 1.42. The Hall–Kier alpha value is -1.63. The number of piperidine rings is 1. The van der Waals surface area contributed by atoms with Gasteiger partial charge in [-0.3, -0.25) is 4.90 Å². The van der Waals surface area contributed by atoms with Crippen LogP contribution in [0.5, 0.6) is 0 Å². The number of nitrogens with zero attached hydrogens (tertiary/aromatic N) is 4. The first-order valence-corrected chi connectivity index (χ1v) is 8.65. The van der Waals surface area contributed by atoms with E-state index in [1.165, 1.54) is 25.8 Å². The smallest absolute Gasteiger partial charge is 0.317 e. The molecular formula is C16H27N5O2. The van der Waals surface area contributed by atoms with Crippen molar-refractivity contribution in [1.82, 2.24) is 25.3 Å². The summed E-state index contributed by atoms with van der Waals surface area (Å²) in [5.41, 5.74) is 0. The summed E-state index contributed by atoms with van der Waals surface area (Å²) >= 11 is 0. The second kappa shape index (κ2) is 6.86. The van der Waals surface area contributed by atoms with Crippen LogP contribution in [0, 0.1) is 0 Å². The van der Waals surface area contributed by atoms with Gasteiger partial charge in [-0.1, -0.05) is 25.4 Å². The average molecular weight is 321 g/mol. The van der Waals surface area contributed by atoms with Crippen molar-refractivity contribution < 1.29 is 9.32 Å². The van der Waals surface area contributed by atoms with Gasteiger partial charge in [0.1, 0.15) is 0 Å². The summed E-state index contributed by atoms with van der Waals surface area (Å²) in [5.74, 6) is 1.34. The molecule has 1 aromatic rings. The fourth-order valence-electron chi connectivity index (χ4n) is 3.33. The van der Waals surface area contributed by atoms with Gasteiger partial charge in [0.05, 0.1) is 6.54 Å². The van der Waals surface area contributed by atoms with Crippen LogP contribution in [0.15, 0.2) is 4.52 Å². The van der Waals surface area contributed by atoms with Gasteiger partial charge in [-0.05, 0) is 26.3 Å². The number of urea groups is 1. The van der Waals surface area contributed by atoms with E-state index in [2.05, 4.69) is 27.3 Å². The number of likely N-dealkylation sites (tertiary alicyclic amines) is 2. The molecule has 2 aliphatic heterocycles. The predicted molar refractivity (Wildman–Crippen MR) is 86.0 cm³/mol. The fourth-order valence-corrected chi connectivity index (χ4v) is 3.33. The van der Waals surface area contributed by atoms with Crippen molar-refractivity contribution in [2.24, 2.45) is 0 Å². The van der Waals surface area contributed by atoms with E-state index in [1.54, 1.807) is 0 Å². The molecule has 1 aromatic heterocycles.